The van der Waals surface area contributed by atoms with Crippen molar-refractivity contribution in [1.82, 2.24) is 20.9 Å². The summed E-state index contributed by atoms with van der Waals surface area (Å²) in [4.78, 5) is 62.7. The summed E-state index contributed by atoms with van der Waals surface area (Å²) < 4.78 is -0.770. The zero-order valence-electron chi connectivity index (χ0n) is 18.3. The number of amides is 5. The van der Waals surface area contributed by atoms with Gasteiger partial charge in [0.1, 0.15) is 29.3 Å². The lowest BCUT2D eigenvalue weighted by molar-refractivity contribution is -0.161. The Labute approximate surface area is 198 Å². The van der Waals surface area contributed by atoms with Crippen molar-refractivity contribution in [2.75, 3.05) is 0 Å². The molecule has 5 amide bonds. The number of aliphatic carboxylic acids is 1. The fourth-order valence-electron chi connectivity index (χ4n) is 3.98. The average molecular weight is 492 g/mol. The number of nitrogens with two attached hydrogens (primary N) is 2. The van der Waals surface area contributed by atoms with Crippen LogP contribution in [0.5, 0.6) is 0 Å². The first-order valence-electron chi connectivity index (χ1n) is 10.1. The Bertz CT molecular complexity index is 1050. The summed E-state index contributed by atoms with van der Waals surface area (Å²) in [6.07, 6.45) is 0. The minimum Gasteiger partial charge on any atom is -0.480 e. The number of benzene rings is 1. The molecule has 5 atom stereocenters. The first-order valence-corrected chi connectivity index (χ1v) is 11.0. The lowest BCUT2D eigenvalue weighted by Gasteiger charge is -2.44. The number of nitrogens with one attached hydrogen (secondary N) is 4. The lowest BCUT2D eigenvalue weighted by atomic mass is 9.95. The van der Waals surface area contributed by atoms with E-state index in [-0.39, 0.29) is 0 Å². The van der Waals surface area contributed by atoms with Crippen molar-refractivity contribution in [3.05, 3.63) is 35.9 Å². The Morgan fingerprint density at radius 3 is 2.26 bits per heavy atom. The number of hydrogen-bond acceptors (Lipinski definition) is 7. The number of rotatable bonds is 8. The maximum Gasteiger partial charge on any atom is 0.327 e. The number of fused-ring (bicyclic) bond motifs is 1. The molecule has 2 fully saturated rings. The average Bonchev–Trinajstić information content (AvgIpc) is 3.02. The van der Waals surface area contributed by atoms with Crippen molar-refractivity contribution in [3.63, 3.8) is 0 Å². The SMILES string of the molecule is CC1(C)S[C@@H]2[C@H](NC(=O)C(NC(=O)C(NC(N)=O)C(=N)N)c3ccccc3)C(=O)N2[C@H]1C(=O)O. The molecule has 3 rings (SSSR count). The third kappa shape index (κ3) is 4.62. The van der Waals surface area contributed by atoms with Crippen molar-refractivity contribution in [2.45, 2.75) is 48.1 Å². The first kappa shape index (κ1) is 24.8. The molecule has 14 heteroatoms. The zero-order valence-corrected chi connectivity index (χ0v) is 19.1. The molecule has 0 aliphatic carbocycles. The molecule has 1 aromatic rings. The normalized spacial score (nSPS) is 24.1. The van der Waals surface area contributed by atoms with Crippen LogP contribution in [-0.4, -0.2) is 73.8 Å². The van der Waals surface area contributed by atoms with Crippen LogP contribution in [0.4, 0.5) is 4.79 Å². The van der Waals surface area contributed by atoms with Gasteiger partial charge in [0.15, 0.2) is 6.04 Å². The zero-order chi connectivity index (χ0) is 25.4. The molecule has 2 aliphatic heterocycles. The molecule has 2 aliphatic rings. The number of urea groups is 1. The van der Waals surface area contributed by atoms with Gasteiger partial charge in [-0.05, 0) is 19.4 Å². The van der Waals surface area contributed by atoms with Gasteiger partial charge in [-0.1, -0.05) is 30.3 Å². The van der Waals surface area contributed by atoms with Crippen LogP contribution in [0.3, 0.4) is 0 Å². The Hall–Kier alpha value is -3.81. The summed E-state index contributed by atoms with van der Waals surface area (Å²) >= 11 is 1.26. The molecule has 1 aromatic carbocycles. The van der Waals surface area contributed by atoms with Gasteiger partial charge in [-0.2, -0.15) is 0 Å². The second-order valence-corrected chi connectivity index (χ2v) is 10.1. The minimum atomic E-state index is -1.61. The Kier molecular flexibility index (Phi) is 6.72. The Balaban J connectivity index is 1.81. The molecule has 2 saturated heterocycles. The summed E-state index contributed by atoms with van der Waals surface area (Å²) in [5.41, 5.74) is 10.8. The summed E-state index contributed by atoms with van der Waals surface area (Å²) in [5.74, 6) is -4.07. The number of nitrogens with zero attached hydrogens (tertiary/aromatic N) is 1. The van der Waals surface area contributed by atoms with E-state index in [0.717, 1.165) is 0 Å². The van der Waals surface area contributed by atoms with Crippen molar-refractivity contribution in [2.24, 2.45) is 11.5 Å². The van der Waals surface area contributed by atoms with Gasteiger partial charge >= 0.3 is 12.0 Å². The number of β-lactam (4-membered cyclic amide) rings is 1. The van der Waals surface area contributed by atoms with Crippen LogP contribution in [-0.2, 0) is 19.2 Å². The highest BCUT2D eigenvalue weighted by Crippen LogP contribution is 2.50. The lowest BCUT2D eigenvalue weighted by Crippen LogP contribution is -2.71. The van der Waals surface area contributed by atoms with E-state index in [9.17, 15) is 29.1 Å². The van der Waals surface area contributed by atoms with Crippen LogP contribution in [0.2, 0.25) is 0 Å². The summed E-state index contributed by atoms with van der Waals surface area (Å²) in [6.45, 7) is 3.42. The fraction of sp³-hybridized carbons (Fsp3) is 0.400. The van der Waals surface area contributed by atoms with Crippen LogP contribution in [0.15, 0.2) is 30.3 Å². The van der Waals surface area contributed by atoms with Crippen molar-refractivity contribution in [1.29, 1.82) is 5.41 Å². The fourth-order valence-corrected chi connectivity index (χ4v) is 5.61. The number of amidine groups is 1. The minimum absolute atomic E-state index is 0.362. The number of hydrogen-bond donors (Lipinski definition) is 7. The van der Waals surface area contributed by atoms with E-state index in [2.05, 4.69) is 10.6 Å². The quantitative estimate of drug-likeness (QED) is 0.128. The molecule has 182 valence electrons. The number of carbonyl (C=O) groups excluding carboxylic acids is 4. The van der Waals surface area contributed by atoms with Gasteiger partial charge in [0.05, 0.1) is 0 Å². The highest BCUT2D eigenvalue weighted by molar-refractivity contribution is 8.01. The number of carboxylic acid groups (broad SMARTS) is 1. The Morgan fingerprint density at radius 2 is 1.74 bits per heavy atom. The van der Waals surface area contributed by atoms with E-state index in [4.69, 9.17) is 16.9 Å². The molecule has 0 bridgehead atoms. The highest BCUT2D eigenvalue weighted by atomic mass is 32.2. The van der Waals surface area contributed by atoms with Crippen LogP contribution >= 0.6 is 11.8 Å². The molecule has 0 saturated carbocycles. The predicted octanol–water partition coefficient (Wildman–Crippen LogP) is -1.55. The van der Waals surface area contributed by atoms with Crippen LogP contribution in [0.1, 0.15) is 25.5 Å². The van der Waals surface area contributed by atoms with Gasteiger partial charge in [-0.25, -0.2) is 9.59 Å². The maximum atomic E-state index is 13.2. The van der Waals surface area contributed by atoms with Gasteiger partial charge in [0.2, 0.25) is 11.8 Å². The van der Waals surface area contributed by atoms with E-state index < -0.39 is 69.8 Å². The van der Waals surface area contributed by atoms with E-state index in [1.165, 1.54) is 16.7 Å². The molecule has 2 unspecified atom stereocenters. The number of primary amides is 1. The molecular weight excluding hydrogens is 466 g/mol. The van der Waals surface area contributed by atoms with Gasteiger partial charge in [-0.3, -0.25) is 19.8 Å². The van der Waals surface area contributed by atoms with Gasteiger partial charge in [-0.15, -0.1) is 11.8 Å². The smallest absolute Gasteiger partial charge is 0.327 e. The number of carboxylic acids is 1. The van der Waals surface area contributed by atoms with E-state index >= 15 is 0 Å². The van der Waals surface area contributed by atoms with Gasteiger partial charge < -0.3 is 37.4 Å². The third-order valence-electron chi connectivity index (χ3n) is 5.51. The molecule has 0 spiro atoms. The van der Waals surface area contributed by atoms with E-state index in [1.54, 1.807) is 44.2 Å². The maximum absolute atomic E-state index is 13.2. The van der Waals surface area contributed by atoms with Gasteiger partial charge in [0.25, 0.3) is 5.91 Å². The highest BCUT2D eigenvalue weighted by Gasteiger charge is 2.64. The van der Waals surface area contributed by atoms with Crippen molar-refractivity contribution >= 4 is 47.3 Å². The largest absolute Gasteiger partial charge is 0.480 e. The van der Waals surface area contributed by atoms with Gasteiger partial charge in [0, 0.05) is 4.75 Å². The molecule has 34 heavy (non-hydrogen) atoms. The Morgan fingerprint density at radius 1 is 1.12 bits per heavy atom. The molecule has 9 N–H and O–H groups in total. The molecule has 0 aromatic heterocycles. The third-order valence-corrected chi connectivity index (χ3v) is 7.09. The van der Waals surface area contributed by atoms with E-state index in [0.29, 0.717) is 5.56 Å². The topological polar surface area (TPSA) is 221 Å². The van der Waals surface area contributed by atoms with Crippen LogP contribution in [0, 0.1) is 5.41 Å². The summed E-state index contributed by atoms with van der Waals surface area (Å²) in [5, 5.41) is 23.5. The second kappa shape index (κ2) is 9.21. The second-order valence-electron chi connectivity index (χ2n) is 8.33. The standard InChI is InChI=1S/C20H25N7O6S/c1-20(2)12(18(31)32)27-16(30)11(17(27)34-20)25-14(28)9(8-6-4-3-5-7-8)24-15(29)10(13(21)22)26-19(23)33/h3-7,9-12,17H,1-2H3,(H3,21,22)(H,24,29)(H,25,28)(H,31,32)(H3,23,26,33)/t9?,10?,11-,12+,17-/m1/s1. The molecule has 0 radical (unpaired) electrons. The molecular formula is C20H25N7O6S. The summed E-state index contributed by atoms with van der Waals surface area (Å²) in [6, 6.07) is 2.07. The van der Waals surface area contributed by atoms with Crippen LogP contribution in [0.25, 0.3) is 0 Å². The molecule has 2 heterocycles. The monoisotopic (exact) mass is 491 g/mol. The van der Waals surface area contributed by atoms with Crippen molar-refractivity contribution in [3.8, 4) is 0 Å². The summed E-state index contributed by atoms with van der Waals surface area (Å²) in [7, 11) is 0. The number of carbonyl (C=O) groups is 5. The van der Waals surface area contributed by atoms with Crippen LogP contribution < -0.4 is 27.4 Å². The van der Waals surface area contributed by atoms with E-state index in [1.807, 2.05) is 5.32 Å². The van der Waals surface area contributed by atoms with Crippen molar-refractivity contribution < 1.29 is 29.1 Å². The first-order chi connectivity index (χ1) is 15.8. The predicted molar refractivity (Wildman–Crippen MR) is 121 cm³/mol. The molecule has 13 nitrogen and oxygen atoms in total. The number of thioether (sulfide) groups is 1.